The van der Waals surface area contributed by atoms with Crippen LogP contribution >= 0.6 is 0 Å². The summed E-state index contributed by atoms with van der Waals surface area (Å²) in [5.74, 6) is 1.16. The summed E-state index contributed by atoms with van der Waals surface area (Å²) in [5.41, 5.74) is 2.99. The van der Waals surface area contributed by atoms with E-state index in [2.05, 4.69) is 38.6 Å². The van der Waals surface area contributed by atoms with Crippen LogP contribution in [0, 0.1) is 5.92 Å². The van der Waals surface area contributed by atoms with Gasteiger partial charge < -0.3 is 34.3 Å². The highest BCUT2D eigenvalue weighted by molar-refractivity contribution is 5.61. The zero-order valence-corrected chi connectivity index (χ0v) is 24.1. The number of rotatable bonds is 14. The van der Waals surface area contributed by atoms with Gasteiger partial charge in [-0.1, -0.05) is 37.3 Å². The summed E-state index contributed by atoms with van der Waals surface area (Å²) in [7, 11) is 1.73. The maximum Gasteiger partial charge on any atom is 0.162 e. The number of nitrogens with zero attached hydrogens (tertiary/aromatic N) is 5. The van der Waals surface area contributed by atoms with Crippen molar-refractivity contribution in [1.82, 2.24) is 25.5 Å². The number of ether oxygens (including phenoxy) is 4. The first-order valence-corrected chi connectivity index (χ1v) is 14.5. The number of nitrogens with one attached hydrogen (secondary N) is 1. The minimum absolute atomic E-state index is 0.262. The lowest BCUT2D eigenvalue weighted by Gasteiger charge is -2.40. The fourth-order valence-corrected chi connectivity index (χ4v) is 5.48. The third-order valence-corrected chi connectivity index (χ3v) is 7.75. The van der Waals surface area contributed by atoms with Crippen LogP contribution in [0.4, 0.5) is 5.69 Å². The lowest BCUT2D eigenvalue weighted by molar-refractivity contribution is -0.134. The zero-order valence-electron chi connectivity index (χ0n) is 24.1. The molecule has 2 aliphatic rings. The van der Waals surface area contributed by atoms with Gasteiger partial charge in [-0.3, -0.25) is 0 Å². The first kappa shape index (κ1) is 29.4. The Balaban J connectivity index is 1.17. The van der Waals surface area contributed by atoms with E-state index in [1.165, 1.54) is 6.33 Å². The van der Waals surface area contributed by atoms with Crippen molar-refractivity contribution >= 4 is 5.69 Å². The van der Waals surface area contributed by atoms with E-state index in [1.807, 2.05) is 36.4 Å². The minimum Gasteiger partial charge on any atom is -0.490 e. The van der Waals surface area contributed by atoms with E-state index >= 15 is 0 Å². The summed E-state index contributed by atoms with van der Waals surface area (Å²) < 4.78 is 23.4. The molecule has 2 aliphatic heterocycles. The molecular weight excluding hydrogens is 524 g/mol. The average Bonchev–Trinajstić information content (AvgIpc) is 3.50. The summed E-state index contributed by atoms with van der Waals surface area (Å²) >= 11 is 0. The molecule has 3 atom stereocenters. The molecule has 11 heteroatoms. The highest BCUT2D eigenvalue weighted by Crippen LogP contribution is 2.35. The van der Waals surface area contributed by atoms with E-state index in [9.17, 15) is 5.11 Å². The molecule has 2 aromatic carbocycles. The van der Waals surface area contributed by atoms with Gasteiger partial charge in [-0.05, 0) is 53.4 Å². The molecule has 0 bridgehead atoms. The van der Waals surface area contributed by atoms with Crippen molar-refractivity contribution in [2.45, 2.75) is 51.2 Å². The highest BCUT2D eigenvalue weighted by Gasteiger charge is 2.41. The number of aromatic nitrogens is 4. The number of fused-ring (bicyclic) bond motifs is 1. The molecule has 0 radical (unpaired) electrons. The standard InChI is InChI=1S/C30H42N6O5/c1-23(18-36-33-22-32-34-36)19-39-20-24-4-7-26(8-5-24)30(37)10-11-31-17-29(30)41-21-25-6-9-28-27(16-25)35(13-15-40-28)12-3-14-38-2/h4-9,16,22-23,29,31,37H,3,10-15,17-21H2,1-2H3/t23-,29-,30-/m0/s1. The normalized spacial score (nSPS) is 21.3. The van der Waals surface area contributed by atoms with Gasteiger partial charge in [0.15, 0.2) is 6.33 Å². The van der Waals surface area contributed by atoms with Crippen molar-refractivity contribution in [3.05, 3.63) is 65.5 Å². The maximum absolute atomic E-state index is 11.8. The number of hydrogen-bond donors (Lipinski definition) is 2. The molecule has 0 aliphatic carbocycles. The minimum atomic E-state index is -1.08. The van der Waals surface area contributed by atoms with Crippen molar-refractivity contribution in [3.8, 4) is 5.75 Å². The van der Waals surface area contributed by atoms with Crippen LogP contribution in [0.2, 0.25) is 0 Å². The van der Waals surface area contributed by atoms with E-state index in [-0.39, 0.29) is 12.0 Å². The second-order valence-corrected chi connectivity index (χ2v) is 11.0. The molecule has 222 valence electrons. The molecule has 41 heavy (non-hydrogen) atoms. The third kappa shape index (κ3) is 7.60. The number of piperidine rings is 1. The van der Waals surface area contributed by atoms with Gasteiger partial charge in [0, 0.05) is 32.7 Å². The van der Waals surface area contributed by atoms with Crippen LogP contribution < -0.4 is 15.0 Å². The molecule has 1 aromatic heterocycles. The van der Waals surface area contributed by atoms with Gasteiger partial charge in [-0.2, -0.15) is 4.80 Å². The molecule has 3 aromatic rings. The number of anilines is 1. The smallest absolute Gasteiger partial charge is 0.162 e. The second-order valence-electron chi connectivity index (χ2n) is 11.0. The van der Waals surface area contributed by atoms with Gasteiger partial charge in [-0.15, -0.1) is 10.2 Å². The molecule has 5 rings (SSSR count). The van der Waals surface area contributed by atoms with E-state index < -0.39 is 5.60 Å². The van der Waals surface area contributed by atoms with Gasteiger partial charge >= 0.3 is 0 Å². The number of methoxy groups -OCH3 is 1. The monoisotopic (exact) mass is 566 g/mol. The van der Waals surface area contributed by atoms with E-state index in [0.717, 1.165) is 60.8 Å². The van der Waals surface area contributed by atoms with Crippen LogP contribution in [0.3, 0.4) is 0 Å². The molecule has 0 amide bonds. The Bertz CT molecular complexity index is 1210. The molecule has 11 nitrogen and oxygen atoms in total. The lowest BCUT2D eigenvalue weighted by atomic mass is 9.82. The molecule has 0 saturated carbocycles. The van der Waals surface area contributed by atoms with Gasteiger partial charge in [0.05, 0.1) is 38.6 Å². The van der Waals surface area contributed by atoms with E-state index in [0.29, 0.717) is 45.9 Å². The summed E-state index contributed by atoms with van der Waals surface area (Å²) in [6.45, 7) is 8.75. The number of aliphatic hydroxyl groups is 1. The Labute approximate surface area is 241 Å². The van der Waals surface area contributed by atoms with Gasteiger partial charge in [0.25, 0.3) is 0 Å². The molecule has 0 spiro atoms. The van der Waals surface area contributed by atoms with Crippen molar-refractivity contribution in [3.63, 3.8) is 0 Å². The number of tetrazole rings is 1. The largest absolute Gasteiger partial charge is 0.490 e. The van der Waals surface area contributed by atoms with E-state index in [1.54, 1.807) is 11.9 Å². The topological polar surface area (TPSA) is 116 Å². The number of benzene rings is 2. The molecule has 1 fully saturated rings. The average molecular weight is 567 g/mol. The quantitative estimate of drug-likeness (QED) is 0.282. The molecule has 1 saturated heterocycles. The maximum atomic E-state index is 11.8. The predicted octanol–water partition coefficient (Wildman–Crippen LogP) is 2.53. The predicted molar refractivity (Wildman–Crippen MR) is 154 cm³/mol. The Morgan fingerprint density at radius 1 is 1.17 bits per heavy atom. The number of hydrogen-bond acceptors (Lipinski definition) is 10. The molecular formula is C30H42N6O5. The lowest BCUT2D eigenvalue weighted by Crippen LogP contribution is -2.53. The van der Waals surface area contributed by atoms with Gasteiger partial charge in [0.1, 0.15) is 24.1 Å². The van der Waals surface area contributed by atoms with Gasteiger partial charge in [0.2, 0.25) is 0 Å². The van der Waals surface area contributed by atoms with E-state index in [4.69, 9.17) is 18.9 Å². The first-order chi connectivity index (χ1) is 20.0. The van der Waals surface area contributed by atoms with Crippen molar-refractivity contribution in [2.24, 2.45) is 5.92 Å². The van der Waals surface area contributed by atoms with Crippen molar-refractivity contribution < 1.29 is 24.1 Å². The summed E-state index contributed by atoms with van der Waals surface area (Å²) in [4.78, 5) is 3.92. The first-order valence-electron chi connectivity index (χ1n) is 14.5. The Hall–Kier alpha value is -3.09. The summed E-state index contributed by atoms with van der Waals surface area (Å²) in [6, 6.07) is 14.3. The fourth-order valence-electron chi connectivity index (χ4n) is 5.48. The van der Waals surface area contributed by atoms with Crippen LogP contribution in [0.25, 0.3) is 0 Å². The Morgan fingerprint density at radius 2 is 2.02 bits per heavy atom. The molecule has 3 heterocycles. The van der Waals surface area contributed by atoms with Crippen LogP contribution in [0.5, 0.6) is 5.75 Å². The molecule has 2 N–H and O–H groups in total. The fraction of sp³-hybridized carbons (Fsp3) is 0.567. The Kier molecular flexibility index (Phi) is 10.2. The van der Waals surface area contributed by atoms with Crippen LogP contribution in [-0.4, -0.2) is 84.5 Å². The Morgan fingerprint density at radius 3 is 2.83 bits per heavy atom. The van der Waals surface area contributed by atoms with Crippen molar-refractivity contribution in [1.29, 1.82) is 0 Å². The van der Waals surface area contributed by atoms with Crippen molar-refractivity contribution in [2.75, 3.05) is 58.0 Å². The highest BCUT2D eigenvalue weighted by atomic mass is 16.5. The van der Waals surface area contributed by atoms with Crippen LogP contribution in [0.15, 0.2) is 48.8 Å². The zero-order chi connectivity index (χ0) is 28.5. The van der Waals surface area contributed by atoms with Crippen LogP contribution in [-0.2, 0) is 39.6 Å². The second kappa shape index (κ2) is 14.2. The SMILES string of the molecule is COCCCN1CCOc2ccc(CO[C@H]3CNCC[C@]3(O)c3ccc(COC[C@@H](C)Cn4ncnn4)cc3)cc21. The summed E-state index contributed by atoms with van der Waals surface area (Å²) in [6.07, 6.45) is 2.59. The van der Waals surface area contributed by atoms with Gasteiger partial charge in [-0.25, -0.2) is 0 Å². The molecule has 0 unspecified atom stereocenters. The third-order valence-electron chi connectivity index (χ3n) is 7.75. The van der Waals surface area contributed by atoms with Crippen LogP contribution in [0.1, 0.15) is 36.5 Å². The summed E-state index contributed by atoms with van der Waals surface area (Å²) in [5, 5.41) is 26.9.